The molecule has 1 N–H and O–H groups in total. The number of aromatic amines is 1. The number of esters is 1. The number of nitrogens with zero attached hydrogens (tertiary/aromatic N) is 1. The predicted octanol–water partition coefficient (Wildman–Crippen LogP) is 4.40. The number of aryl methyl sites for hydroxylation is 2. The summed E-state index contributed by atoms with van der Waals surface area (Å²) >= 11 is 2.99. The maximum absolute atomic E-state index is 12.7. The first kappa shape index (κ1) is 17.4. The van der Waals surface area contributed by atoms with Crippen molar-refractivity contribution in [3.05, 3.63) is 48.5 Å². The first-order valence-electron chi connectivity index (χ1n) is 8.74. The van der Waals surface area contributed by atoms with E-state index in [1.807, 2.05) is 13.0 Å². The lowest BCUT2D eigenvalue weighted by molar-refractivity contribution is 0.0326. The molecule has 3 heterocycles. The fourth-order valence-corrected chi connectivity index (χ4v) is 5.52. The molecule has 3 aromatic heterocycles. The summed E-state index contributed by atoms with van der Waals surface area (Å²) in [5, 5.41) is 0.716. The summed E-state index contributed by atoms with van der Waals surface area (Å²) in [5.41, 5.74) is 1.02. The molecule has 0 spiro atoms. The number of nitrogens with one attached hydrogen (secondary N) is 1. The Balaban J connectivity index is 1.64. The summed E-state index contributed by atoms with van der Waals surface area (Å²) in [6.07, 6.45) is 2.44. The van der Waals surface area contributed by atoms with Crippen molar-refractivity contribution in [2.75, 3.05) is 0 Å². The Morgan fingerprint density at radius 3 is 2.92 bits per heavy atom. The van der Waals surface area contributed by atoms with Crippen LogP contribution in [0.15, 0.2) is 16.9 Å². The standard InChI is InChI=1S/C19H20N2O3S2/c1-9-4-6-12-14(8-9)26-18-15(12)17(22)20-16(21-18)11(3)24-19(23)13-7-5-10(2)25-13/h5,7,9,11H,4,6,8H2,1-3H3,(H,20,21,22)/t9-,11+/m0/s1. The van der Waals surface area contributed by atoms with Crippen molar-refractivity contribution in [1.82, 2.24) is 9.97 Å². The van der Waals surface area contributed by atoms with E-state index in [4.69, 9.17) is 4.74 Å². The van der Waals surface area contributed by atoms with Crippen molar-refractivity contribution < 1.29 is 9.53 Å². The molecule has 0 fully saturated rings. The van der Waals surface area contributed by atoms with Gasteiger partial charge in [0.15, 0.2) is 11.9 Å². The second-order valence-electron chi connectivity index (χ2n) is 6.94. The molecule has 26 heavy (non-hydrogen) atoms. The van der Waals surface area contributed by atoms with E-state index in [1.54, 1.807) is 24.3 Å². The van der Waals surface area contributed by atoms with E-state index in [2.05, 4.69) is 16.9 Å². The molecule has 3 aromatic rings. The van der Waals surface area contributed by atoms with Crippen molar-refractivity contribution in [3.8, 4) is 0 Å². The van der Waals surface area contributed by atoms with Gasteiger partial charge in [-0.3, -0.25) is 4.79 Å². The summed E-state index contributed by atoms with van der Waals surface area (Å²) < 4.78 is 5.50. The molecule has 0 unspecified atom stereocenters. The Kier molecular flexibility index (Phi) is 4.44. The fraction of sp³-hybridized carbons (Fsp3) is 0.421. The zero-order chi connectivity index (χ0) is 18.4. The van der Waals surface area contributed by atoms with Crippen LogP contribution in [0.1, 0.15) is 57.2 Å². The molecular formula is C19H20N2O3S2. The number of ether oxygens (including phenoxy) is 1. The quantitative estimate of drug-likeness (QED) is 0.675. The van der Waals surface area contributed by atoms with Crippen molar-refractivity contribution in [3.63, 3.8) is 0 Å². The van der Waals surface area contributed by atoms with Gasteiger partial charge in [-0.25, -0.2) is 9.78 Å². The number of aromatic nitrogens is 2. The minimum atomic E-state index is -0.611. The van der Waals surface area contributed by atoms with Crippen LogP contribution in [-0.4, -0.2) is 15.9 Å². The van der Waals surface area contributed by atoms with E-state index in [9.17, 15) is 9.59 Å². The van der Waals surface area contributed by atoms with E-state index >= 15 is 0 Å². The molecule has 136 valence electrons. The van der Waals surface area contributed by atoms with Crippen LogP contribution in [0.4, 0.5) is 0 Å². The van der Waals surface area contributed by atoms with E-state index in [-0.39, 0.29) is 5.56 Å². The van der Waals surface area contributed by atoms with Crippen LogP contribution < -0.4 is 5.56 Å². The highest BCUT2D eigenvalue weighted by Crippen LogP contribution is 2.36. The zero-order valence-corrected chi connectivity index (χ0v) is 16.6. The van der Waals surface area contributed by atoms with Crippen molar-refractivity contribution >= 4 is 38.9 Å². The van der Waals surface area contributed by atoms with Crippen LogP contribution in [0.25, 0.3) is 10.2 Å². The van der Waals surface area contributed by atoms with Gasteiger partial charge < -0.3 is 9.72 Å². The van der Waals surface area contributed by atoms with Crippen LogP contribution in [0.2, 0.25) is 0 Å². The van der Waals surface area contributed by atoms with Gasteiger partial charge in [-0.05, 0) is 56.7 Å². The molecule has 0 saturated heterocycles. The molecular weight excluding hydrogens is 368 g/mol. The molecule has 2 atom stereocenters. The SMILES string of the molecule is Cc1ccc(C(=O)O[C@H](C)c2nc3sc4c(c3c(=O)[nH]2)CC[C@H](C)C4)s1. The van der Waals surface area contributed by atoms with Gasteiger partial charge in [0.2, 0.25) is 0 Å². The summed E-state index contributed by atoms with van der Waals surface area (Å²) in [6.45, 7) is 5.92. The topological polar surface area (TPSA) is 72.0 Å². The highest BCUT2D eigenvalue weighted by Gasteiger charge is 2.24. The highest BCUT2D eigenvalue weighted by atomic mass is 32.1. The molecule has 0 saturated carbocycles. The number of hydrogen-bond donors (Lipinski definition) is 1. The summed E-state index contributed by atoms with van der Waals surface area (Å²) in [6, 6.07) is 3.64. The molecule has 1 aliphatic carbocycles. The number of thiophene rings is 2. The van der Waals surface area contributed by atoms with E-state index in [0.29, 0.717) is 22.0 Å². The van der Waals surface area contributed by atoms with Crippen LogP contribution >= 0.6 is 22.7 Å². The summed E-state index contributed by atoms with van der Waals surface area (Å²) in [7, 11) is 0. The van der Waals surface area contributed by atoms with Crippen LogP contribution in [-0.2, 0) is 17.6 Å². The zero-order valence-electron chi connectivity index (χ0n) is 14.9. The van der Waals surface area contributed by atoms with Gasteiger partial charge >= 0.3 is 5.97 Å². The van der Waals surface area contributed by atoms with E-state index in [0.717, 1.165) is 34.5 Å². The molecule has 0 amide bonds. The smallest absolute Gasteiger partial charge is 0.349 e. The first-order chi connectivity index (χ1) is 12.4. The monoisotopic (exact) mass is 388 g/mol. The lowest BCUT2D eigenvalue weighted by Crippen LogP contribution is -2.18. The molecule has 1 aliphatic rings. The summed E-state index contributed by atoms with van der Waals surface area (Å²) in [4.78, 5) is 36.0. The average Bonchev–Trinajstić information content (AvgIpc) is 3.17. The molecule has 0 radical (unpaired) electrons. The Hall–Kier alpha value is -1.99. The van der Waals surface area contributed by atoms with E-state index < -0.39 is 12.1 Å². The minimum absolute atomic E-state index is 0.132. The number of H-pyrrole nitrogens is 1. The number of rotatable bonds is 3. The number of fused-ring (bicyclic) bond motifs is 3. The minimum Gasteiger partial charge on any atom is -0.450 e. The van der Waals surface area contributed by atoms with Gasteiger partial charge in [0.1, 0.15) is 9.71 Å². The van der Waals surface area contributed by atoms with E-state index in [1.165, 1.54) is 16.2 Å². The average molecular weight is 389 g/mol. The molecule has 0 aromatic carbocycles. The third-order valence-electron chi connectivity index (χ3n) is 4.79. The maximum atomic E-state index is 12.7. The van der Waals surface area contributed by atoms with Crippen molar-refractivity contribution in [2.45, 2.75) is 46.1 Å². The highest BCUT2D eigenvalue weighted by molar-refractivity contribution is 7.18. The maximum Gasteiger partial charge on any atom is 0.349 e. The second-order valence-corrected chi connectivity index (χ2v) is 9.31. The molecule has 0 aliphatic heterocycles. The van der Waals surface area contributed by atoms with Gasteiger partial charge in [0, 0.05) is 9.75 Å². The van der Waals surface area contributed by atoms with Crippen molar-refractivity contribution in [1.29, 1.82) is 0 Å². The third kappa shape index (κ3) is 3.10. The van der Waals surface area contributed by atoms with Crippen molar-refractivity contribution in [2.24, 2.45) is 5.92 Å². The van der Waals surface area contributed by atoms with Gasteiger partial charge in [0.05, 0.1) is 5.39 Å². The van der Waals surface area contributed by atoms with Crippen LogP contribution in [0.3, 0.4) is 0 Å². The predicted molar refractivity (Wildman–Crippen MR) is 104 cm³/mol. The molecule has 7 heteroatoms. The van der Waals surface area contributed by atoms with Gasteiger partial charge in [-0.15, -0.1) is 22.7 Å². The Morgan fingerprint density at radius 1 is 1.38 bits per heavy atom. The number of carbonyl (C=O) groups is 1. The molecule has 0 bridgehead atoms. The lowest BCUT2D eigenvalue weighted by Gasteiger charge is -2.17. The van der Waals surface area contributed by atoms with Crippen LogP contribution in [0.5, 0.6) is 0 Å². The lowest BCUT2D eigenvalue weighted by atomic mass is 9.89. The Bertz CT molecular complexity index is 1050. The Labute approximate surface area is 159 Å². The van der Waals surface area contributed by atoms with Gasteiger partial charge in [-0.1, -0.05) is 6.92 Å². The third-order valence-corrected chi connectivity index (χ3v) is 6.92. The fourth-order valence-electron chi connectivity index (χ4n) is 3.38. The Morgan fingerprint density at radius 2 is 2.19 bits per heavy atom. The van der Waals surface area contributed by atoms with Gasteiger partial charge in [0.25, 0.3) is 5.56 Å². The largest absolute Gasteiger partial charge is 0.450 e. The second kappa shape index (κ2) is 6.63. The normalized spacial score (nSPS) is 17.9. The van der Waals surface area contributed by atoms with Crippen LogP contribution in [0, 0.1) is 12.8 Å². The van der Waals surface area contributed by atoms with Gasteiger partial charge in [-0.2, -0.15) is 0 Å². The number of carbonyl (C=O) groups excluding carboxylic acids is 1. The molecule has 4 rings (SSSR count). The molecule has 5 nitrogen and oxygen atoms in total. The first-order valence-corrected chi connectivity index (χ1v) is 10.4. The number of hydrogen-bond acceptors (Lipinski definition) is 6. The summed E-state index contributed by atoms with van der Waals surface area (Å²) in [5.74, 6) is 0.650.